The SMILES string of the molecule is CCC1[C@H](C)C1(NC(=O)C1(C2(OC(=O)[C@H](Cc3ccc(OC)cc3)N(C)C(=O)[C@@H]3CCCN3C(C)=O)CC2)CC1NC(=O)[C@@H](CC(C)C)N(C)C(=O)[C@@H]1CCCN1C(=O)C1(C)CC1)[C@@H](O)CC(=O)O[C@H](C(=O)NC(C)(C)C)C(C)C. The standard InChI is InChI=1S/C60H91N7O13/c1-15-40-36(6)60(40,46(69)32-47(70)79-48(35(4)5)50(72)62-56(8,9)10)63-54(76)59(33-45(59)61-49(71)43(30-34(2)3)64(12)52(74)42-19-17-29-67(42)55(77)57(11)24-25-57)58(26-27-58)80-53(75)44(31-38-20-22-39(78-14)23-21-38)65(13)51(73)41-18-16-28-66(41)37(7)68/h20-23,34-36,40-46,48,69H,15-19,24-33H2,1-14H3,(H,61,71)(H,62,72)(H,63,76)/t36-,40?,41-,42-,43+,44-,45?,46-,48-,59?,60?/m0/s1. The van der Waals surface area contributed by atoms with E-state index in [0.29, 0.717) is 56.5 Å². The second kappa shape index (κ2) is 23.6. The second-order valence-corrected chi connectivity index (χ2v) is 26.2. The lowest BCUT2D eigenvalue weighted by molar-refractivity contribution is -0.168. The second-order valence-electron chi connectivity index (χ2n) is 26.2. The fourth-order valence-electron chi connectivity index (χ4n) is 13.1. The molecule has 0 radical (unpaired) electrons. The number of nitrogens with zero attached hydrogens (tertiary/aromatic N) is 4. The van der Waals surface area contributed by atoms with Gasteiger partial charge in [0, 0.05) is 57.5 Å². The Balaban J connectivity index is 1.21. The number of aliphatic hydroxyl groups is 1. The smallest absolute Gasteiger partial charge is 0.329 e. The zero-order valence-corrected chi connectivity index (χ0v) is 49.9. The van der Waals surface area contributed by atoms with Crippen molar-refractivity contribution in [2.45, 2.75) is 219 Å². The first-order chi connectivity index (χ1) is 37.4. The zero-order valence-electron chi connectivity index (χ0n) is 49.9. The Labute approximate surface area is 472 Å². The number of hydrogen-bond donors (Lipinski definition) is 4. The lowest BCUT2D eigenvalue weighted by atomic mass is 9.91. The van der Waals surface area contributed by atoms with Gasteiger partial charge < -0.3 is 54.9 Å². The van der Waals surface area contributed by atoms with Crippen LogP contribution >= 0.6 is 0 Å². The summed E-state index contributed by atoms with van der Waals surface area (Å²) in [7, 11) is 4.61. The maximum absolute atomic E-state index is 15.8. The van der Waals surface area contributed by atoms with Gasteiger partial charge in [-0.3, -0.25) is 38.4 Å². The predicted octanol–water partition coefficient (Wildman–Crippen LogP) is 4.45. The number of hydrogen-bond acceptors (Lipinski definition) is 13. The number of carbonyl (C=O) groups excluding carboxylic acids is 9. The first-order valence-electron chi connectivity index (χ1n) is 29.2. The van der Waals surface area contributed by atoms with Crippen LogP contribution in [0.3, 0.4) is 0 Å². The van der Waals surface area contributed by atoms with Crippen molar-refractivity contribution < 1.29 is 62.5 Å². The van der Waals surface area contributed by atoms with Gasteiger partial charge in [0.1, 0.15) is 40.9 Å². The van der Waals surface area contributed by atoms with Crippen LogP contribution in [0.15, 0.2) is 24.3 Å². The van der Waals surface area contributed by atoms with Crippen molar-refractivity contribution in [2.75, 3.05) is 34.3 Å². The van der Waals surface area contributed by atoms with E-state index in [4.69, 9.17) is 14.2 Å². The number of rotatable bonds is 24. The summed E-state index contributed by atoms with van der Waals surface area (Å²) in [6.45, 7) is 20.7. The average Bonchev–Trinajstić information content (AvgIpc) is 4.55. The van der Waals surface area contributed by atoms with Crippen molar-refractivity contribution in [2.24, 2.45) is 34.5 Å². The molecule has 6 fully saturated rings. The van der Waals surface area contributed by atoms with E-state index in [0.717, 1.165) is 12.8 Å². The number of methoxy groups -OCH3 is 1. The minimum Gasteiger partial charge on any atom is -0.497 e. The first kappa shape index (κ1) is 61.8. The highest BCUT2D eigenvalue weighted by Gasteiger charge is 2.80. The van der Waals surface area contributed by atoms with E-state index in [9.17, 15) is 38.7 Å². The molecule has 4 saturated carbocycles. The van der Waals surface area contributed by atoms with E-state index in [1.54, 1.807) is 50.1 Å². The van der Waals surface area contributed by atoms with Crippen molar-refractivity contribution in [1.29, 1.82) is 0 Å². The monoisotopic (exact) mass is 1120 g/mol. The van der Waals surface area contributed by atoms with Crippen molar-refractivity contribution in [1.82, 2.24) is 35.6 Å². The Bertz CT molecular complexity index is 2540. The van der Waals surface area contributed by atoms with Crippen LogP contribution in [0.25, 0.3) is 0 Å². The van der Waals surface area contributed by atoms with E-state index in [2.05, 4.69) is 16.0 Å². The van der Waals surface area contributed by atoms with Gasteiger partial charge in [-0.15, -0.1) is 0 Å². The van der Waals surface area contributed by atoms with Gasteiger partial charge in [0.15, 0.2) is 6.10 Å². The van der Waals surface area contributed by atoms with Crippen molar-refractivity contribution in [3.05, 3.63) is 29.8 Å². The summed E-state index contributed by atoms with van der Waals surface area (Å²) in [5.41, 5.74) is -4.96. The van der Waals surface area contributed by atoms with Crippen LogP contribution in [-0.2, 0) is 59.0 Å². The molecule has 1 aromatic rings. The number of likely N-dealkylation sites (N-methyl/N-ethyl adjacent to an activating group) is 2. The van der Waals surface area contributed by atoms with E-state index in [1.807, 2.05) is 55.4 Å². The molecule has 20 heteroatoms. The summed E-state index contributed by atoms with van der Waals surface area (Å²) in [6.07, 6.45) is 1.59. The molecule has 2 heterocycles. The number of nitrogens with one attached hydrogen (secondary N) is 3. The third kappa shape index (κ3) is 12.5. The summed E-state index contributed by atoms with van der Waals surface area (Å²) in [5.74, 6) is -4.96. The molecule has 7 rings (SSSR count). The highest BCUT2D eigenvalue weighted by molar-refractivity contribution is 5.97. The minimum atomic E-state index is -1.64. The van der Waals surface area contributed by atoms with Crippen LogP contribution in [0.2, 0.25) is 0 Å². The van der Waals surface area contributed by atoms with E-state index in [1.165, 1.54) is 35.8 Å². The molecule has 6 aliphatic rings. The first-order valence-corrected chi connectivity index (χ1v) is 29.2. The van der Waals surface area contributed by atoms with Gasteiger partial charge in [-0.1, -0.05) is 67.0 Å². The Morgan fingerprint density at radius 3 is 1.91 bits per heavy atom. The van der Waals surface area contributed by atoms with Crippen LogP contribution < -0.4 is 20.7 Å². The highest BCUT2D eigenvalue weighted by atomic mass is 16.6. The van der Waals surface area contributed by atoms with Crippen molar-refractivity contribution in [3.63, 3.8) is 0 Å². The molecule has 80 heavy (non-hydrogen) atoms. The molecule has 4 N–H and O–H groups in total. The Morgan fingerprint density at radius 2 is 1.41 bits per heavy atom. The number of aliphatic hydroxyl groups excluding tert-OH is 1. The van der Waals surface area contributed by atoms with Crippen LogP contribution in [0.5, 0.6) is 5.75 Å². The molecule has 0 spiro atoms. The Morgan fingerprint density at radius 1 is 0.838 bits per heavy atom. The fraction of sp³-hybridized carbons (Fsp3) is 0.750. The molecule has 4 unspecified atom stereocenters. The number of esters is 2. The van der Waals surface area contributed by atoms with Crippen LogP contribution in [-0.4, -0.2) is 171 Å². The lowest BCUT2D eigenvalue weighted by Gasteiger charge is -2.36. The molecule has 2 saturated heterocycles. The van der Waals surface area contributed by atoms with Gasteiger partial charge in [0.2, 0.25) is 35.4 Å². The molecule has 444 valence electrons. The van der Waals surface area contributed by atoms with E-state index >= 15 is 9.59 Å². The molecular formula is C60H91N7O13. The number of benzene rings is 1. The fourth-order valence-corrected chi connectivity index (χ4v) is 13.1. The molecule has 2 aliphatic heterocycles. The van der Waals surface area contributed by atoms with Gasteiger partial charge in [0.05, 0.1) is 25.2 Å². The van der Waals surface area contributed by atoms with Gasteiger partial charge in [-0.2, -0.15) is 0 Å². The summed E-state index contributed by atoms with van der Waals surface area (Å²) in [4.78, 5) is 134. The maximum atomic E-state index is 15.8. The average molecular weight is 1120 g/mol. The number of amides is 7. The van der Waals surface area contributed by atoms with Gasteiger partial charge in [-0.05, 0) is 126 Å². The largest absolute Gasteiger partial charge is 0.497 e. The minimum absolute atomic E-state index is 0.000686. The van der Waals surface area contributed by atoms with Crippen LogP contribution in [0, 0.1) is 34.5 Å². The lowest BCUT2D eigenvalue weighted by Crippen LogP contribution is -2.58. The molecular weight excluding hydrogens is 1030 g/mol. The normalized spacial score (nSPS) is 27.4. The zero-order chi connectivity index (χ0) is 59.2. The molecule has 7 amide bonds. The Hall–Kier alpha value is -5.79. The number of ether oxygens (including phenoxy) is 3. The third-order valence-corrected chi connectivity index (χ3v) is 18.4. The molecule has 20 nitrogen and oxygen atoms in total. The van der Waals surface area contributed by atoms with Gasteiger partial charge >= 0.3 is 11.9 Å². The predicted molar refractivity (Wildman–Crippen MR) is 296 cm³/mol. The summed E-state index contributed by atoms with van der Waals surface area (Å²) in [6, 6.07) is 2.30. The van der Waals surface area contributed by atoms with Crippen molar-refractivity contribution in [3.8, 4) is 5.75 Å². The summed E-state index contributed by atoms with van der Waals surface area (Å²) < 4.78 is 17.8. The van der Waals surface area contributed by atoms with E-state index in [-0.39, 0.29) is 67.6 Å². The van der Waals surface area contributed by atoms with Crippen molar-refractivity contribution >= 4 is 53.3 Å². The summed E-state index contributed by atoms with van der Waals surface area (Å²) in [5, 5.41) is 21.4. The quantitative estimate of drug-likeness (QED) is 0.105. The summed E-state index contributed by atoms with van der Waals surface area (Å²) >= 11 is 0. The molecule has 4 aliphatic carbocycles. The van der Waals surface area contributed by atoms with E-state index < -0.39 is 118 Å². The maximum Gasteiger partial charge on any atom is 0.329 e. The molecule has 0 aromatic heterocycles. The number of carbonyl (C=O) groups is 9. The number of likely N-dealkylation sites (tertiary alicyclic amines) is 2. The Kier molecular flexibility index (Phi) is 18.2. The van der Waals surface area contributed by atoms with Gasteiger partial charge in [0.25, 0.3) is 5.91 Å². The highest BCUT2D eigenvalue weighted by Crippen LogP contribution is 2.67. The molecule has 1 aromatic carbocycles. The van der Waals surface area contributed by atoms with Crippen LogP contribution in [0.4, 0.5) is 0 Å². The molecule has 11 atom stereocenters. The van der Waals surface area contributed by atoms with Gasteiger partial charge in [-0.25, -0.2) is 4.79 Å². The molecule has 0 bridgehead atoms. The third-order valence-electron chi connectivity index (χ3n) is 18.4. The topological polar surface area (TPSA) is 251 Å². The van der Waals surface area contributed by atoms with Crippen LogP contribution in [0.1, 0.15) is 159 Å².